The van der Waals surface area contributed by atoms with Crippen LogP contribution in [0.4, 0.5) is 22.7 Å². The molecule has 3 aromatic heterocycles. The molecule has 8 bridgehead atoms. The number of H-pyrrole nitrogens is 2. The molecule has 0 amide bonds. The van der Waals surface area contributed by atoms with Crippen molar-refractivity contribution in [3.8, 4) is 0 Å². The second-order valence-electron chi connectivity index (χ2n) is 14.2. The Morgan fingerprint density at radius 2 is 0.542 bits per heavy atom. The molecule has 2 aliphatic rings. The van der Waals surface area contributed by atoms with Crippen molar-refractivity contribution < 1.29 is 0 Å². The van der Waals surface area contributed by atoms with Gasteiger partial charge in [-0.05, 0) is 24.3 Å². The van der Waals surface area contributed by atoms with Crippen LogP contribution in [-0.2, 0) is 0 Å². The van der Waals surface area contributed by atoms with Gasteiger partial charge in [-0.25, -0.2) is 9.97 Å². The molecule has 5 heterocycles. The third-order valence-electron chi connectivity index (χ3n) is 8.61. The van der Waals surface area contributed by atoms with Crippen molar-refractivity contribution in [2.75, 3.05) is 132 Å². The summed E-state index contributed by atoms with van der Waals surface area (Å²) in [5.74, 6) is 0. The van der Waals surface area contributed by atoms with Gasteiger partial charge in [0.05, 0.1) is 90.4 Å². The number of aromatic amines is 2. The van der Waals surface area contributed by atoms with Crippen molar-refractivity contribution in [1.82, 2.24) is 39.5 Å². The number of anilines is 4. The molecule has 0 unspecified atom stereocenters. The predicted molar refractivity (Wildman–Crippen MR) is 207 cm³/mol. The molecule has 0 aromatic carbocycles. The highest BCUT2D eigenvalue weighted by atomic mass is 15.2. The summed E-state index contributed by atoms with van der Waals surface area (Å²) in [6, 6.07) is 8.72. The lowest BCUT2D eigenvalue weighted by Gasteiger charge is -2.22. The Morgan fingerprint density at radius 1 is 0.312 bits per heavy atom. The maximum atomic E-state index is 5.33. The van der Waals surface area contributed by atoms with E-state index in [-0.39, 0.29) is 0 Å². The maximum absolute atomic E-state index is 5.33. The zero-order chi connectivity index (χ0) is 35.5. The maximum Gasteiger partial charge on any atom is 0.0915 e. The molecule has 0 saturated heterocycles. The van der Waals surface area contributed by atoms with Crippen LogP contribution < -0.4 is 19.6 Å². The zero-order valence-electron chi connectivity index (χ0n) is 31.8. The molecule has 0 fully saturated rings. The van der Waals surface area contributed by atoms with Gasteiger partial charge in [0.2, 0.25) is 0 Å². The first-order valence-electron chi connectivity index (χ1n) is 16.1. The van der Waals surface area contributed by atoms with Crippen LogP contribution in [0.5, 0.6) is 0 Å². The first kappa shape index (κ1) is 34.3. The average molecular weight is 655 g/mol. The molecule has 5 rings (SSSR count). The van der Waals surface area contributed by atoms with Gasteiger partial charge in [-0.1, -0.05) is 0 Å². The summed E-state index contributed by atoms with van der Waals surface area (Å²) in [7, 11) is 33.4. The molecular weight excluding hydrogens is 600 g/mol. The molecule has 48 heavy (non-hydrogen) atoms. The number of hydrogen-bond acceptors (Lipinski definition) is 10. The standard InChI is InChI=1S/C36H54N12/c1-41(2)29-21-17-23-31(43(5)6)33(45(9)10)25(38-23)19-27-35(47(13)14)36(48(15)16)28(40-27)20-26-34(46(11)12)32(44(7)8)24(39-26)18-22(37-21)30(29)42(3)4/h17-20,37-38H,1-16H3. The van der Waals surface area contributed by atoms with E-state index >= 15 is 0 Å². The van der Waals surface area contributed by atoms with E-state index in [1.165, 1.54) is 0 Å². The summed E-state index contributed by atoms with van der Waals surface area (Å²) in [5.41, 5.74) is 16.0. The fraction of sp³-hybridized carbons (Fsp3) is 0.444. The van der Waals surface area contributed by atoms with E-state index in [0.29, 0.717) is 0 Å². The Kier molecular flexibility index (Phi) is 8.98. The normalized spacial score (nSPS) is 12.8. The lowest BCUT2D eigenvalue weighted by Crippen LogP contribution is -2.18. The third kappa shape index (κ3) is 5.73. The average Bonchev–Trinajstić information content (AvgIpc) is 3.69. The second-order valence-corrected chi connectivity index (χ2v) is 14.2. The lowest BCUT2D eigenvalue weighted by molar-refractivity contribution is 0.554. The summed E-state index contributed by atoms with van der Waals surface area (Å²) < 4.78 is 0. The van der Waals surface area contributed by atoms with E-state index in [0.717, 1.165) is 90.4 Å². The number of hydrogen-bond donors (Lipinski definition) is 2. The Morgan fingerprint density at radius 3 is 0.771 bits per heavy atom. The molecule has 3 aromatic rings. The first-order valence-corrected chi connectivity index (χ1v) is 16.1. The molecule has 0 atom stereocenters. The van der Waals surface area contributed by atoms with Crippen molar-refractivity contribution in [1.29, 1.82) is 0 Å². The van der Waals surface area contributed by atoms with Crippen LogP contribution in [0.25, 0.3) is 44.9 Å². The van der Waals surface area contributed by atoms with E-state index in [9.17, 15) is 0 Å². The monoisotopic (exact) mass is 654 g/mol. The minimum absolute atomic E-state index is 0.864. The topological polar surface area (TPSA) is 83.3 Å². The predicted octanol–water partition coefficient (Wildman–Crippen LogP) is 4.48. The number of fused-ring (bicyclic) bond motifs is 8. The number of nitrogens with one attached hydrogen (secondary N) is 2. The van der Waals surface area contributed by atoms with E-state index in [2.05, 4.69) is 186 Å². The Hall–Kier alpha value is -5.00. The van der Waals surface area contributed by atoms with Gasteiger partial charge in [0.1, 0.15) is 0 Å². The highest BCUT2D eigenvalue weighted by molar-refractivity contribution is 6.04. The Balaban J connectivity index is 2.14. The smallest absolute Gasteiger partial charge is 0.0915 e. The number of rotatable bonds is 8. The summed E-state index contributed by atoms with van der Waals surface area (Å²) in [4.78, 5) is 35.6. The number of aromatic nitrogens is 4. The molecule has 2 aliphatic heterocycles. The van der Waals surface area contributed by atoms with E-state index in [1.54, 1.807) is 0 Å². The highest BCUT2D eigenvalue weighted by Gasteiger charge is 2.29. The molecule has 0 spiro atoms. The highest BCUT2D eigenvalue weighted by Crippen LogP contribution is 2.43. The fourth-order valence-corrected chi connectivity index (χ4v) is 6.94. The minimum Gasteiger partial charge on any atom is -0.374 e. The van der Waals surface area contributed by atoms with Crippen LogP contribution >= 0.6 is 0 Å². The van der Waals surface area contributed by atoms with E-state index in [4.69, 9.17) is 9.97 Å². The summed E-state index contributed by atoms with van der Waals surface area (Å²) in [5, 5.41) is 0. The fourth-order valence-electron chi connectivity index (χ4n) is 6.94. The summed E-state index contributed by atoms with van der Waals surface area (Å²) in [6.07, 6.45) is 0. The van der Waals surface area contributed by atoms with Crippen molar-refractivity contribution >= 4 is 67.6 Å². The molecule has 0 aliphatic carbocycles. The van der Waals surface area contributed by atoms with Crippen LogP contribution in [0.2, 0.25) is 0 Å². The van der Waals surface area contributed by atoms with Crippen LogP contribution in [0.1, 0.15) is 22.8 Å². The summed E-state index contributed by atoms with van der Waals surface area (Å²) in [6.45, 7) is 0. The molecule has 0 radical (unpaired) electrons. The molecule has 0 saturated carbocycles. The van der Waals surface area contributed by atoms with Gasteiger partial charge in [-0.2, -0.15) is 0 Å². The molecule has 12 nitrogen and oxygen atoms in total. The third-order valence-corrected chi connectivity index (χ3v) is 8.61. The van der Waals surface area contributed by atoms with Gasteiger partial charge in [-0.3, -0.25) is 0 Å². The van der Waals surface area contributed by atoms with Crippen LogP contribution in [0, 0.1) is 0 Å². The van der Waals surface area contributed by atoms with Crippen LogP contribution in [-0.4, -0.2) is 152 Å². The van der Waals surface area contributed by atoms with Crippen LogP contribution in [0.15, 0.2) is 24.3 Å². The minimum atomic E-state index is 0.864. The molecule has 12 heteroatoms. The lowest BCUT2D eigenvalue weighted by atomic mass is 10.1. The van der Waals surface area contributed by atoms with Gasteiger partial charge in [-0.15, -0.1) is 0 Å². The molecule has 2 N–H and O–H groups in total. The van der Waals surface area contributed by atoms with Crippen LogP contribution in [0.3, 0.4) is 0 Å². The van der Waals surface area contributed by atoms with Crippen molar-refractivity contribution in [3.05, 3.63) is 47.0 Å². The first-order chi connectivity index (χ1) is 22.4. The summed E-state index contributed by atoms with van der Waals surface area (Å²) >= 11 is 0. The van der Waals surface area contributed by atoms with E-state index in [1.807, 2.05) is 0 Å². The largest absolute Gasteiger partial charge is 0.374 e. The Labute approximate surface area is 286 Å². The van der Waals surface area contributed by atoms with Gasteiger partial charge in [0, 0.05) is 113 Å². The van der Waals surface area contributed by atoms with Gasteiger partial charge in [0.15, 0.2) is 0 Å². The Bertz CT molecular complexity index is 1810. The number of nitrogens with zero attached hydrogens (tertiary/aromatic N) is 10. The second kappa shape index (κ2) is 12.6. The van der Waals surface area contributed by atoms with E-state index < -0.39 is 0 Å². The van der Waals surface area contributed by atoms with Gasteiger partial charge in [0.25, 0.3) is 0 Å². The van der Waals surface area contributed by atoms with Gasteiger partial charge < -0.3 is 49.2 Å². The quantitative estimate of drug-likeness (QED) is 0.363. The zero-order valence-corrected chi connectivity index (χ0v) is 31.8. The van der Waals surface area contributed by atoms with Crippen molar-refractivity contribution in [2.24, 2.45) is 0 Å². The van der Waals surface area contributed by atoms with Crippen molar-refractivity contribution in [2.45, 2.75) is 0 Å². The van der Waals surface area contributed by atoms with Gasteiger partial charge >= 0.3 is 0 Å². The van der Waals surface area contributed by atoms with Crippen molar-refractivity contribution in [3.63, 3.8) is 0 Å². The SMILES string of the molecule is CN(C)C1=C(N(C)C)c2cc3[nH]c(cc4[nH]c(cc5nc(cc1n2)C(N(C)C)=C5N(C)C)c(N(C)C)c4N(C)C)c(N(C)C)c3N(C)C. The molecule has 258 valence electrons. The molecular formula is C36H54N12.